The van der Waals surface area contributed by atoms with Crippen LogP contribution in [-0.4, -0.2) is 30.9 Å². The summed E-state index contributed by atoms with van der Waals surface area (Å²) in [6.07, 6.45) is 1.90. The lowest BCUT2D eigenvalue weighted by Crippen LogP contribution is -2.30. The molecule has 0 saturated heterocycles. The summed E-state index contributed by atoms with van der Waals surface area (Å²) in [6.45, 7) is 1.97. The monoisotopic (exact) mass is 352 g/mol. The van der Waals surface area contributed by atoms with Crippen molar-refractivity contribution in [3.8, 4) is 5.75 Å². The Bertz CT molecular complexity index is 814. The van der Waals surface area contributed by atoms with E-state index in [0.29, 0.717) is 11.3 Å². The average molecular weight is 352 g/mol. The van der Waals surface area contributed by atoms with Gasteiger partial charge in [0.2, 0.25) is 5.91 Å². The van der Waals surface area contributed by atoms with Crippen LogP contribution in [0.15, 0.2) is 48.5 Å². The quantitative estimate of drug-likeness (QED) is 0.858. The lowest BCUT2D eigenvalue weighted by molar-refractivity contribution is -0.117. The Labute approximate surface area is 154 Å². The number of carbonyl (C=O) groups is 2. The molecule has 1 atom stereocenters. The topological polar surface area (TPSA) is 58.6 Å². The van der Waals surface area contributed by atoms with E-state index < -0.39 is 0 Å². The van der Waals surface area contributed by atoms with Crippen molar-refractivity contribution in [3.63, 3.8) is 0 Å². The number of nitrogens with zero attached hydrogens (tertiary/aromatic N) is 1. The van der Waals surface area contributed by atoms with Gasteiger partial charge in [-0.1, -0.05) is 24.3 Å². The second-order valence-corrected chi connectivity index (χ2v) is 6.68. The first-order chi connectivity index (χ1) is 12.5. The average Bonchev–Trinajstić information content (AvgIpc) is 3.51. The highest BCUT2D eigenvalue weighted by molar-refractivity contribution is 5.98. The lowest BCUT2D eigenvalue weighted by atomic mass is 10.0. The third-order valence-electron chi connectivity index (χ3n) is 4.82. The summed E-state index contributed by atoms with van der Waals surface area (Å²) in [5, 5.41) is 2.89. The predicted octanol–water partition coefficient (Wildman–Crippen LogP) is 3.88. The number of amides is 2. The molecule has 0 spiro atoms. The van der Waals surface area contributed by atoms with Crippen molar-refractivity contribution in [2.24, 2.45) is 5.92 Å². The molecule has 26 heavy (non-hydrogen) atoms. The highest BCUT2D eigenvalue weighted by atomic mass is 16.5. The molecule has 1 saturated carbocycles. The van der Waals surface area contributed by atoms with Gasteiger partial charge in [-0.05, 0) is 44.0 Å². The van der Waals surface area contributed by atoms with E-state index in [4.69, 9.17) is 4.74 Å². The van der Waals surface area contributed by atoms with Gasteiger partial charge in [0.15, 0.2) is 0 Å². The van der Waals surface area contributed by atoms with Crippen LogP contribution in [0.3, 0.4) is 0 Å². The molecular formula is C21H24N2O3. The van der Waals surface area contributed by atoms with Crippen LogP contribution in [0.25, 0.3) is 0 Å². The number of hydrogen-bond donors (Lipinski definition) is 1. The van der Waals surface area contributed by atoms with Gasteiger partial charge in [-0.25, -0.2) is 0 Å². The molecule has 0 aliphatic heterocycles. The van der Waals surface area contributed by atoms with Crippen molar-refractivity contribution in [2.45, 2.75) is 25.8 Å². The first kappa shape index (κ1) is 18.0. The van der Waals surface area contributed by atoms with Crippen LogP contribution in [-0.2, 0) is 4.79 Å². The van der Waals surface area contributed by atoms with Gasteiger partial charge in [0.05, 0.1) is 13.2 Å². The van der Waals surface area contributed by atoms with Crippen molar-refractivity contribution >= 4 is 17.5 Å². The van der Waals surface area contributed by atoms with E-state index in [1.807, 2.05) is 31.2 Å². The maximum atomic E-state index is 12.9. The third-order valence-corrected chi connectivity index (χ3v) is 4.82. The summed E-state index contributed by atoms with van der Waals surface area (Å²) in [4.78, 5) is 26.5. The number of carbonyl (C=O) groups excluding carboxylic acids is 2. The molecular weight excluding hydrogens is 328 g/mol. The molecule has 0 bridgehead atoms. The number of hydrogen-bond acceptors (Lipinski definition) is 3. The van der Waals surface area contributed by atoms with Crippen LogP contribution in [0, 0.1) is 5.92 Å². The maximum Gasteiger partial charge on any atom is 0.254 e. The summed E-state index contributed by atoms with van der Waals surface area (Å²) >= 11 is 0. The van der Waals surface area contributed by atoms with Crippen LogP contribution < -0.4 is 10.1 Å². The summed E-state index contributed by atoms with van der Waals surface area (Å²) < 4.78 is 5.41. The molecule has 1 aliphatic carbocycles. The molecule has 1 fully saturated rings. The third kappa shape index (κ3) is 3.87. The van der Waals surface area contributed by atoms with Crippen LogP contribution >= 0.6 is 0 Å². The van der Waals surface area contributed by atoms with Crippen LogP contribution in [0.1, 0.15) is 41.7 Å². The Hall–Kier alpha value is -2.82. The van der Waals surface area contributed by atoms with Crippen molar-refractivity contribution in [2.75, 3.05) is 19.5 Å². The van der Waals surface area contributed by atoms with E-state index in [1.54, 1.807) is 43.3 Å². The van der Waals surface area contributed by atoms with Gasteiger partial charge in [0.25, 0.3) is 5.91 Å². The van der Waals surface area contributed by atoms with Crippen LogP contribution in [0.2, 0.25) is 0 Å². The first-order valence-corrected chi connectivity index (χ1v) is 8.82. The fourth-order valence-corrected chi connectivity index (χ4v) is 2.92. The van der Waals surface area contributed by atoms with Crippen molar-refractivity contribution in [1.82, 2.24) is 4.90 Å². The van der Waals surface area contributed by atoms with Gasteiger partial charge in [-0.2, -0.15) is 0 Å². The van der Waals surface area contributed by atoms with E-state index in [9.17, 15) is 9.59 Å². The van der Waals surface area contributed by atoms with Gasteiger partial charge in [0.1, 0.15) is 5.75 Å². The molecule has 1 unspecified atom stereocenters. The Morgan fingerprint density at radius 2 is 1.88 bits per heavy atom. The Kier molecular flexibility index (Phi) is 5.26. The number of para-hydroxylation sites is 1. The van der Waals surface area contributed by atoms with E-state index in [0.717, 1.165) is 24.2 Å². The number of methoxy groups -OCH3 is 1. The molecule has 5 nitrogen and oxygen atoms in total. The first-order valence-electron chi connectivity index (χ1n) is 8.82. The number of anilines is 1. The number of benzene rings is 2. The number of rotatable bonds is 6. The minimum atomic E-state index is -0.150. The standard InChI is InChI=1S/C21H24N2O3/c1-14(18-9-4-5-10-19(18)26-3)23(2)21(25)16-7-6-8-17(13-16)22-20(24)15-11-12-15/h4-10,13-15H,11-12H2,1-3H3,(H,22,24). The largest absolute Gasteiger partial charge is 0.496 e. The second kappa shape index (κ2) is 7.60. The molecule has 2 amide bonds. The van der Waals surface area contributed by atoms with E-state index in [1.165, 1.54) is 0 Å². The zero-order valence-corrected chi connectivity index (χ0v) is 15.4. The number of ether oxygens (including phenoxy) is 1. The van der Waals surface area contributed by atoms with Crippen LogP contribution in [0.5, 0.6) is 5.75 Å². The fourth-order valence-electron chi connectivity index (χ4n) is 2.92. The van der Waals surface area contributed by atoms with E-state index >= 15 is 0 Å². The van der Waals surface area contributed by atoms with Gasteiger partial charge in [-0.3, -0.25) is 9.59 Å². The SMILES string of the molecule is COc1ccccc1C(C)N(C)C(=O)c1cccc(NC(=O)C2CC2)c1. The van der Waals surface area contributed by atoms with Crippen molar-refractivity contribution < 1.29 is 14.3 Å². The van der Waals surface area contributed by atoms with Crippen molar-refractivity contribution in [1.29, 1.82) is 0 Å². The minimum absolute atomic E-state index is 0.0327. The zero-order valence-electron chi connectivity index (χ0n) is 15.4. The lowest BCUT2D eigenvalue weighted by Gasteiger charge is -2.27. The molecule has 2 aromatic carbocycles. The molecule has 0 heterocycles. The van der Waals surface area contributed by atoms with Crippen molar-refractivity contribution in [3.05, 3.63) is 59.7 Å². The van der Waals surface area contributed by atoms with Gasteiger partial charge < -0.3 is 15.0 Å². The normalized spacial score (nSPS) is 14.4. The highest BCUT2D eigenvalue weighted by Crippen LogP contribution is 2.31. The molecule has 3 rings (SSSR count). The molecule has 2 aromatic rings. The molecule has 0 radical (unpaired) electrons. The number of nitrogens with one attached hydrogen (secondary N) is 1. The highest BCUT2D eigenvalue weighted by Gasteiger charge is 2.29. The molecule has 1 aliphatic rings. The second-order valence-electron chi connectivity index (χ2n) is 6.68. The van der Waals surface area contributed by atoms with Gasteiger partial charge in [0, 0.05) is 29.8 Å². The summed E-state index contributed by atoms with van der Waals surface area (Å²) in [7, 11) is 3.40. The summed E-state index contributed by atoms with van der Waals surface area (Å²) in [5.41, 5.74) is 2.15. The van der Waals surface area contributed by atoms with E-state index in [2.05, 4.69) is 5.32 Å². The Morgan fingerprint density at radius 1 is 1.15 bits per heavy atom. The smallest absolute Gasteiger partial charge is 0.254 e. The zero-order chi connectivity index (χ0) is 18.7. The molecule has 5 heteroatoms. The van der Waals surface area contributed by atoms with Crippen LogP contribution in [0.4, 0.5) is 5.69 Å². The summed E-state index contributed by atoms with van der Waals surface area (Å²) in [5.74, 6) is 0.809. The Balaban J connectivity index is 1.76. The van der Waals surface area contributed by atoms with Gasteiger partial charge >= 0.3 is 0 Å². The Morgan fingerprint density at radius 3 is 2.58 bits per heavy atom. The minimum Gasteiger partial charge on any atom is -0.496 e. The van der Waals surface area contributed by atoms with E-state index in [-0.39, 0.29) is 23.8 Å². The fraction of sp³-hybridized carbons (Fsp3) is 0.333. The molecule has 1 N–H and O–H groups in total. The van der Waals surface area contributed by atoms with Gasteiger partial charge in [-0.15, -0.1) is 0 Å². The summed E-state index contributed by atoms with van der Waals surface area (Å²) in [6, 6.07) is 14.6. The molecule has 0 aromatic heterocycles. The maximum absolute atomic E-state index is 12.9. The molecule has 136 valence electrons. The predicted molar refractivity (Wildman–Crippen MR) is 101 cm³/mol.